The average Bonchev–Trinajstić information content (AvgIpc) is 2.64. The van der Waals surface area contributed by atoms with Crippen molar-refractivity contribution in [3.8, 4) is 0 Å². The van der Waals surface area contributed by atoms with Gasteiger partial charge in [0.15, 0.2) is 0 Å². The van der Waals surface area contributed by atoms with Crippen molar-refractivity contribution in [1.82, 2.24) is 4.90 Å². The first-order valence-electron chi connectivity index (χ1n) is 7.85. The van der Waals surface area contributed by atoms with Gasteiger partial charge in [-0.3, -0.25) is 0 Å². The standard InChI is InChI=1S/C12H2F25N/c13-1(3(15,16)5(19,20)9(27,28)29)38(2(14)4(17,18)6(21,22)10(30,31)32)12(36,37)8(25,26)7(23,24)11(33,34)35/h1-2H. The second-order valence-corrected chi connectivity index (χ2v) is 6.66. The van der Waals surface area contributed by atoms with E-state index < -0.39 is 77.6 Å². The van der Waals surface area contributed by atoms with Crippen LogP contribution in [0.4, 0.5) is 110 Å². The van der Waals surface area contributed by atoms with Crippen molar-refractivity contribution in [1.29, 1.82) is 0 Å². The average molecular weight is 635 g/mol. The van der Waals surface area contributed by atoms with E-state index in [-0.39, 0.29) is 0 Å². The molecule has 0 amide bonds. The fourth-order valence-corrected chi connectivity index (χ4v) is 1.96. The molecule has 0 aromatic carbocycles. The molecule has 0 spiro atoms. The van der Waals surface area contributed by atoms with E-state index in [2.05, 4.69) is 0 Å². The topological polar surface area (TPSA) is 3.24 Å². The van der Waals surface area contributed by atoms with Crippen molar-refractivity contribution in [3.05, 3.63) is 0 Å². The summed E-state index contributed by atoms with van der Waals surface area (Å²) < 4.78 is 321. The van der Waals surface area contributed by atoms with Gasteiger partial charge in [-0.2, -0.15) is 106 Å². The van der Waals surface area contributed by atoms with Gasteiger partial charge in [-0.25, -0.2) is 8.78 Å². The van der Waals surface area contributed by atoms with E-state index in [0.717, 1.165) is 0 Å². The molecule has 0 fully saturated rings. The smallest absolute Gasteiger partial charge is 0.223 e. The second-order valence-electron chi connectivity index (χ2n) is 6.66. The van der Waals surface area contributed by atoms with E-state index in [4.69, 9.17) is 0 Å². The van der Waals surface area contributed by atoms with Crippen molar-refractivity contribution in [3.63, 3.8) is 0 Å². The summed E-state index contributed by atoms with van der Waals surface area (Å²) in [6.45, 7) is 0. The summed E-state index contributed by atoms with van der Waals surface area (Å²) in [7, 11) is 0. The summed E-state index contributed by atoms with van der Waals surface area (Å²) in [5, 5.41) is 0. The van der Waals surface area contributed by atoms with Gasteiger partial charge in [-0.15, -0.1) is 0 Å². The molecular formula is C12H2F25N. The summed E-state index contributed by atoms with van der Waals surface area (Å²) >= 11 is 0. The summed E-state index contributed by atoms with van der Waals surface area (Å²) in [6.07, 6.45) is -39.1. The highest BCUT2D eigenvalue weighted by Crippen LogP contribution is 2.59. The van der Waals surface area contributed by atoms with Crippen molar-refractivity contribution in [2.24, 2.45) is 0 Å². The highest BCUT2D eigenvalue weighted by molar-refractivity contribution is 5.07. The van der Waals surface area contributed by atoms with Crippen LogP contribution in [0.15, 0.2) is 0 Å². The molecule has 0 radical (unpaired) electrons. The van der Waals surface area contributed by atoms with Gasteiger partial charge in [0, 0.05) is 0 Å². The molecule has 0 N–H and O–H groups in total. The molecule has 0 aliphatic rings. The third kappa shape index (κ3) is 4.96. The monoisotopic (exact) mass is 635 g/mol. The van der Waals surface area contributed by atoms with Gasteiger partial charge in [-0.05, 0) is 0 Å². The molecule has 26 heteroatoms. The molecule has 0 saturated heterocycles. The molecular weight excluding hydrogens is 633 g/mol. The van der Waals surface area contributed by atoms with Gasteiger partial charge in [-0.1, -0.05) is 0 Å². The van der Waals surface area contributed by atoms with Crippen LogP contribution in [0.5, 0.6) is 0 Å². The fourth-order valence-electron chi connectivity index (χ4n) is 1.96. The first kappa shape index (κ1) is 36.2. The zero-order valence-corrected chi connectivity index (χ0v) is 16.1. The predicted molar refractivity (Wildman–Crippen MR) is 64.4 cm³/mol. The van der Waals surface area contributed by atoms with Gasteiger partial charge in [0.2, 0.25) is 12.6 Å². The van der Waals surface area contributed by atoms with Gasteiger partial charge in [0.05, 0.1) is 0 Å². The van der Waals surface area contributed by atoms with Crippen LogP contribution in [0.3, 0.4) is 0 Å². The molecule has 0 heterocycles. The lowest BCUT2D eigenvalue weighted by Gasteiger charge is -2.46. The van der Waals surface area contributed by atoms with E-state index in [0.29, 0.717) is 0 Å². The number of halogens is 25. The molecule has 0 rings (SSSR count). The lowest BCUT2D eigenvalue weighted by molar-refractivity contribution is -0.460. The van der Waals surface area contributed by atoms with Gasteiger partial charge in [0.1, 0.15) is 0 Å². The Bertz CT molecular complexity index is 783. The lowest BCUT2D eigenvalue weighted by atomic mass is 10.0. The molecule has 1 nitrogen and oxygen atoms in total. The van der Waals surface area contributed by atoms with Crippen LogP contribution in [0.1, 0.15) is 0 Å². The maximum Gasteiger partial charge on any atom is 0.460 e. The quantitative estimate of drug-likeness (QED) is 0.184. The summed E-state index contributed by atoms with van der Waals surface area (Å²) in [6, 6.07) is -8.99. The summed E-state index contributed by atoms with van der Waals surface area (Å²) in [4.78, 5) is -4.86. The number of hydrogen-bond donors (Lipinski definition) is 0. The summed E-state index contributed by atoms with van der Waals surface area (Å²) in [5.74, 6) is -51.3. The molecule has 0 aromatic rings. The van der Waals surface area contributed by atoms with Crippen molar-refractivity contribution in [2.45, 2.75) is 72.7 Å². The highest BCUT2D eigenvalue weighted by atomic mass is 19.4. The Morgan fingerprint density at radius 3 is 0.711 bits per heavy atom. The molecule has 0 aliphatic carbocycles. The lowest BCUT2D eigenvalue weighted by Crippen LogP contribution is -2.75. The third-order valence-electron chi connectivity index (χ3n) is 4.09. The van der Waals surface area contributed by atoms with Crippen LogP contribution in [-0.2, 0) is 0 Å². The van der Waals surface area contributed by atoms with Gasteiger partial charge in [0.25, 0.3) is 0 Å². The van der Waals surface area contributed by atoms with Crippen molar-refractivity contribution < 1.29 is 110 Å². The van der Waals surface area contributed by atoms with Gasteiger partial charge < -0.3 is 0 Å². The first-order chi connectivity index (χ1) is 15.9. The largest absolute Gasteiger partial charge is 0.460 e. The van der Waals surface area contributed by atoms with Crippen molar-refractivity contribution in [2.75, 3.05) is 0 Å². The molecule has 2 unspecified atom stereocenters. The molecule has 230 valence electrons. The first-order valence-corrected chi connectivity index (χ1v) is 7.85. The molecule has 0 aliphatic heterocycles. The Labute approximate surface area is 189 Å². The zero-order valence-electron chi connectivity index (χ0n) is 16.1. The Hall–Kier alpha value is -1.79. The van der Waals surface area contributed by atoms with E-state index >= 15 is 0 Å². The van der Waals surface area contributed by atoms with E-state index in [9.17, 15) is 110 Å². The van der Waals surface area contributed by atoms with E-state index in [1.54, 1.807) is 0 Å². The van der Waals surface area contributed by atoms with E-state index in [1.807, 2.05) is 0 Å². The van der Waals surface area contributed by atoms with Gasteiger partial charge >= 0.3 is 60.1 Å². The number of nitrogens with zero attached hydrogens (tertiary/aromatic N) is 1. The third-order valence-corrected chi connectivity index (χ3v) is 4.09. The minimum absolute atomic E-state index is 4.86. The molecule has 0 saturated carbocycles. The predicted octanol–water partition coefficient (Wildman–Crippen LogP) is 7.97. The Kier molecular flexibility index (Phi) is 8.69. The van der Waals surface area contributed by atoms with Crippen LogP contribution in [0.2, 0.25) is 0 Å². The second kappa shape index (κ2) is 9.12. The Morgan fingerprint density at radius 1 is 0.316 bits per heavy atom. The molecule has 0 aromatic heterocycles. The van der Waals surface area contributed by atoms with E-state index in [1.165, 1.54) is 0 Å². The van der Waals surface area contributed by atoms with Crippen LogP contribution in [0.25, 0.3) is 0 Å². The van der Waals surface area contributed by atoms with Crippen LogP contribution < -0.4 is 0 Å². The SMILES string of the molecule is FC(N(C(F)C(F)(F)C(F)(F)C(F)(F)F)C(F)(F)C(F)(F)C(F)(F)C(F)(F)F)C(F)(F)C(F)(F)C(F)(F)F. The maximum absolute atomic E-state index is 13.8. The number of rotatable bonds is 9. The normalized spacial score (nSPS) is 18.2. The minimum Gasteiger partial charge on any atom is -0.223 e. The van der Waals surface area contributed by atoms with Crippen molar-refractivity contribution >= 4 is 0 Å². The van der Waals surface area contributed by atoms with Crippen LogP contribution in [-0.4, -0.2) is 77.6 Å². The van der Waals surface area contributed by atoms with Crippen LogP contribution >= 0.6 is 0 Å². The molecule has 0 bridgehead atoms. The zero-order chi connectivity index (χ0) is 31.7. The fraction of sp³-hybridized carbons (Fsp3) is 1.00. The number of hydrogen-bond acceptors (Lipinski definition) is 1. The molecule has 38 heavy (non-hydrogen) atoms. The molecule has 2 atom stereocenters. The Balaban J connectivity index is 7.65. The highest BCUT2D eigenvalue weighted by Gasteiger charge is 2.89. The minimum atomic E-state index is -8.99. The maximum atomic E-state index is 13.8. The van der Waals surface area contributed by atoms with Crippen LogP contribution in [0, 0.1) is 0 Å². The number of alkyl halides is 25. The Morgan fingerprint density at radius 2 is 0.526 bits per heavy atom. The summed E-state index contributed by atoms with van der Waals surface area (Å²) in [5.41, 5.74) is 0.